The van der Waals surface area contributed by atoms with Crippen molar-refractivity contribution in [2.45, 2.75) is 37.5 Å². The SMILES string of the molecule is COc1ccc(CN(C(=O)CSc2nnnn2-c2ccc(C)cc2)C2CC2)cc1. The molecule has 7 nitrogen and oxygen atoms in total. The van der Waals surface area contributed by atoms with E-state index in [0.29, 0.717) is 23.5 Å². The Labute approximate surface area is 174 Å². The van der Waals surface area contributed by atoms with E-state index < -0.39 is 0 Å². The maximum Gasteiger partial charge on any atom is 0.233 e. The van der Waals surface area contributed by atoms with E-state index in [0.717, 1.165) is 29.8 Å². The fourth-order valence-electron chi connectivity index (χ4n) is 3.06. The number of hydrogen-bond donors (Lipinski definition) is 0. The zero-order chi connectivity index (χ0) is 20.2. The molecule has 1 aliphatic carbocycles. The Morgan fingerprint density at radius 3 is 2.55 bits per heavy atom. The number of hydrogen-bond acceptors (Lipinski definition) is 6. The van der Waals surface area contributed by atoms with Crippen LogP contribution >= 0.6 is 11.8 Å². The van der Waals surface area contributed by atoms with Gasteiger partial charge in [0.05, 0.1) is 18.6 Å². The van der Waals surface area contributed by atoms with Gasteiger partial charge in [-0.25, -0.2) is 0 Å². The highest BCUT2D eigenvalue weighted by Crippen LogP contribution is 2.30. The van der Waals surface area contributed by atoms with Crippen LogP contribution in [0.4, 0.5) is 0 Å². The van der Waals surface area contributed by atoms with Gasteiger partial charge in [0.2, 0.25) is 11.1 Å². The van der Waals surface area contributed by atoms with E-state index in [4.69, 9.17) is 4.74 Å². The first-order valence-corrected chi connectivity index (χ1v) is 10.5. The molecule has 0 spiro atoms. The number of benzene rings is 2. The summed E-state index contributed by atoms with van der Waals surface area (Å²) in [5.74, 6) is 1.22. The Hall–Kier alpha value is -2.87. The summed E-state index contributed by atoms with van der Waals surface area (Å²) in [7, 11) is 1.65. The van der Waals surface area contributed by atoms with Gasteiger partial charge in [-0.15, -0.1) is 5.10 Å². The molecule has 1 heterocycles. The van der Waals surface area contributed by atoms with E-state index in [1.165, 1.54) is 17.3 Å². The first kappa shape index (κ1) is 19.4. The minimum absolute atomic E-state index is 0.103. The van der Waals surface area contributed by atoms with Gasteiger partial charge in [-0.3, -0.25) is 4.79 Å². The van der Waals surface area contributed by atoms with Gasteiger partial charge in [0.15, 0.2) is 0 Å². The molecule has 4 rings (SSSR count). The lowest BCUT2D eigenvalue weighted by atomic mass is 10.2. The molecule has 0 saturated heterocycles. The molecule has 150 valence electrons. The number of carbonyl (C=O) groups excluding carboxylic acids is 1. The number of aromatic nitrogens is 4. The molecule has 29 heavy (non-hydrogen) atoms. The van der Waals surface area contributed by atoms with Crippen molar-refractivity contribution < 1.29 is 9.53 Å². The normalized spacial score (nSPS) is 13.3. The predicted octanol–water partition coefficient (Wildman–Crippen LogP) is 3.26. The predicted molar refractivity (Wildman–Crippen MR) is 111 cm³/mol. The van der Waals surface area contributed by atoms with Crippen molar-refractivity contribution in [3.63, 3.8) is 0 Å². The van der Waals surface area contributed by atoms with Crippen LogP contribution in [0.2, 0.25) is 0 Å². The molecule has 0 bridgehead atoms. The fraction of sp³-hybridized carbons (Fsp3) is 0.333. The van der Waals surface area contributed by atoms with E-state index in [9.17, 15) is 4.79 Å². The van der Waals surface area contributed by atoms with Crippen LogP contribution in [0.15, 0.2) is 53.7 Å². The van der Waals surface area contributed by atoms with Crippen molar-refractivity contribution in [2.75, 3.05) is 12.9 Å². The van der Waals surface area contributed by atoms with Gasteiger partial charge in [0.1, 0.15) is 5.75 Å². The van der Waals surface area contributed by atoms with Gasteiger partial charge >= 0.3 is 0 Å². The van der Waals surface area contributed by atoms with Gasteiger partial charge in [-0.1, -0.05) is 41.6 Å². The van der Waals surface area contributed by atoms with Crippen molar-refractivity contribution in [1.29, 1.82) is 0 Å². The Bertz CT molecular complexity index is 967. The molecule has 0 aliphatic heterocycles. The smallest absolute Gasteiger partial charge is 0.233 e. The highest BCUT2D eigenvalue weighted by atomic mass is 32.2. The van der Waals surface area contributed by atoms with Crippen LogP contribution in [0, 0.1) is 6.92 Å². The summed E-state index contributed by atoms with van der Waals surface area (Å²) >= 11 is 1.37. The number of tetrazole rings is 1. The minimum atomic E-state index is 0.103. The Morgan fingerprint density at radius 2 is 1.90 bits per heavy atom. The largest absolute Gasteiger partial charge is 0.497 e. The molecule has 0 N–H and O–H groups in total. The molecular formula is C21H23N5O2S. The molecule has 1 amide bonds. The van der Waals surface area contributed by atoms with Crippen LogP contribution < -0.4 is 4.74 Å². The second kappa shape index (κ2) is 8.65. The number of nitrogens with zero attached hydrogens (tertiary/aromatic N) is 5. The van der Waals surface area contributed by atoms with E-state index in [2.05, 4.69) is 15.5 Å². The average Bonchev–Trinajstić information content (AvgIpc) is 3.48. The summed E-state index contributed by atoms with van der Waals surface area (Å²) in [6.45, 7) is 2.64. The Balaban J connectivity index is 1.41. The summed E-state index contributed by atoms with van der Waals surface area (Å²) in [4.78, 5) is 14.9. The topological polar surface area (TPSA) is 73.1 Å². The summed E-state index contributed by atoms with van der Waals surface area (Å²) in [5.41, 5.74) is 3.15. The van der Waals surface area contributed by atoms with E-state index >= 15 is 0 Å². The summed E-state index contributed by atoms with van der Waals surface area (Å²) in [6, 6.07) is 16.2. The summed E-state index contributed by atoms with van der Waals surface area (Å²) in [5, 5.41) is 12.6. The maximum absolute atomic E-state index is 12.9. The van der Waals surface area contributed by atoms with E-state index in [1.54, 1.807) is 11.8 Å². The molecule has 8 heteroatoms. The highest BCUT2D eigenvalue weighted by molar-refractivity contribution is 7.99. The molecule has 2 aromatic carbocycles. The summed E-state index contributed by atoms with van der Waals surface area (Å²) in [6.07, 6.45) is 2.13. The van der Waals surface area contributed by atoms with Crippen LogP contribution in [0.25, 0.3) is 5.69 Å². The van der Waals surface area contributed by atoms with E-state index in [-0.39, 0.29) is 5.91 Å². The number of rotatable bonds is 8. The highest BCUT2D eigenvalue weighted by Gasteiger charge is 2.32. The Morgan fingerprint density at radius 1 is 1.17 bits per heavy atom. The van der Waals surface area contributed by atoms with Crippen molar-refractivity contribution in [3.05, 3.63) is 59.7 Å². The molecule has 0 atom stereocenters. The van der Waals surface area contributed by atoms with Gasteiger partial charge in [-0.05, 0) is 60.0 Å². The first-order valence-electron chi connectivity index (χ1n) is 9.54. The van der Waals surface area contributed by atoms with Gasteiger partial charge in [0, 0.05) is 12.6 Å². The molecule has 0 unspecified atom stereocenters. The number of methoxy groups -OCH3 is 1. The fourth-order valence-corrected chi connectivity index (χ4v) is 3.84. The zero-order valence-electron chi connectivity index (χ0n) is 16.5. The lowest BCUT2D eigenvalue weighted by Gasteiger charge is -2.22. The Kier molecular flexibility index (Phi) is 5.80. The quantitative estimate of drug-likeness (QED) is 0.532. The molecule has 1 fully saturated rings. The first-order chi connectivity index (χ1) is 14.1. The van der Waals surface area contributed by atoms with Crippen molar-refractivity contribution in [1.82, 2.24) is 25.1 Å². The number of amides is 1. The lowest BCUT2D eigenvalue weighted by molar-refractivity contribution is -0.129. The lowest BCUT2D eigenvalue weighted by Crippen LogP contribution is -2.34. The number of ether oxygens (including phenoxy) is 1. The van der Waals surface area contributed by atoms with E-state index in [1.807, 2.05) is 60.4 Å². The van der Waals surface area contributed by atoms with Gasteiger partial charge in [0.25, 0.3) is 0 Å². The average molecular weight is 410 g/mol. The van der Waals surface area contributed by atoms with Crippen LogP contribution in [-0.4, -0.2) is 49.9 Å². The van der Waals surface area contributed by atoms with Gasteiger partial charge < -0.3 is 9.64 Å². The molecule has 1 aliphatic rings. The van der Waals surface area contributed by atoms with Gasteiger partial charge in [-0.2, -0.15) is 4.68 Å². The van der Waals surface area contributed by atoms with Crippen LogP contribution in [0.3, 0.4) is 0 Å². The van der Waals surface area contributed by atoms with Crippen LogP contribution in [-0.2, 0) is 11.3 Å². The van der Waals surface area contributed by atoms with Crippen molar-refractivity contribution in [3.8, 4) is 11.4 Å². The standard InChI is InChI=1S/C21H23N5O2S/c1-15-3-7-18(8-4-15)26-21(22-23-24-26)29-14-20(27)25(17-9-10-17)13-16-5-11-19(28-2)12-6-16/h3-8,11-12,17H,9-10,13-14H2,1-2H3. The molecule has 1 aromatic heterocycles. The second-order valence-corrected chi connectivity index (χ2v) is 8.04. The van der Waals surface area contributed by atoms with Crippen LogP contribution in [0.1, 0.15) is 24.0 Å². The maximum atomic E-state index is 12.9. The molecule has 1 saturated carbocycles. The second-order valence-electron chi connectivity index (χ2n) is 7.10. The monoisotopic (exact) mass is 409 g/mol. The third-order valence-corrected chi connectivity index (χ3v) is 5.77. The number of thioether (sulfide) groups is 1. The zero-order valence-corrected chi connectivity index (χ0v) is 17.3. The number of carbonyl (C=O) groups is 1. The molecule has 0 radical (unpaired) electrons. The third kappa shape index (κ3) is 4.76. The molecular weight excluding hydrogens is 386 g/mol. The van der Waals surface area contributed by atoms with Crippen LogP contribution in [0.5, 0.6) is 5.75 Å². The molecule has 3 aromatic rings. The summed E-state index contributed by atoms with van der Waals surface area (Å²) < 4.78 is 6.88. The minimum Gasteiger partial charge on any atom is -0.497 e. The van der Waals surface area contributed by atoms with Crippen molar-refractivity contribution >= 4 is 17.7 Å². The van der Waals surface area contributed by atoms with Crippen molar-refractivity contribution in [2.24, 2.45) is 0 Å². The third-order valence-electron chi connectivity index (χ3n) is 4.86. The number of aryl methyl sites for hydroxylation is 1.